The third-order valence-corrected chi connectivity index (χ3v) is 6.33. The maximum Gasteiger partial charge on any atom is 0.319 e. The van der Waals surface area contributed by atoms with E-state index in [9.17, 15) is 13.2 Å². The lowest BCUT2D eigenvalue weighted by Crippen LogP contribution is -2.43. The first kappa shape index (κ1) is 21.1. The molecular formula is C21H27N3O4S. The van der Waals surface area contributed by atoms with Crippen molar-refractivity contribution in [3.63, 3.8) is 0 Å². The van der Waals surface area contributed by atoms with Gasteiger partial charge in [-0.3, -0.25) is 0 Å². The number of sulfonamides is 1. The van der Waals surface area contributed by atoms with Crippen LogP contribution < -0.4 is 20.1 Å². The second-order valence-electron chi connectivity index (χ2n) is 7.72. The fraction of sp³-hybridized carbons (Fsp3) is 0.381. The van der Waals surface area contributed by atoms with Gasteiger partial charge in [-0.05, 0) is 62.9 Å². The summed E-state index contributed by atoms with van der Waals surface area (Å²) < 4.78 is 32.6. The number of anilines is 1. The van der Waals surface area contributed by atoms with E-state index in [0.717, 1.165) is 18.4 Å². The highest BCUT2D eigenvalue weighted by Crippen LogP contribution is 2.30. The van der Waals surface area contributed by atoms with Gasteiger partial charge in [0.05, 0.1) is 17.5 Å². The minimum Gasteiger partial charge on any atom is -0.496 e. The predicted molar refractivity (Wildman–Crippen MR) is 113 cm³/mol. The summed E-state index contributed by atoms with van der Waals surface area (Å²) in [5, 5.41) is 5.66. The van der Waals surface area contributed by atoms with Gasteiger partial charge in [-0.2, -0.15) is 0 Å². The minimum absolute atomic E-state index is 0.179. The summed E-state index contributed by atoms with van der Waals surface area (Å²) in [4.78, 5) is 12.7. The van der Waals surface area contributed by atoms with Crippen LogP contribution >= 0.6 is 0 Å². The molecule has 0 aliphatic heterocycles. The Hall–Kier alpha value is -2.58. The number of hydrogen-bond acceptors (Lipinski definition) is 4. The topological polar surface area (TPSA) is 96.5 Å². The number of methoxy groups -OCH3 is 1. The van der Waals surface area contributed by atoms with E-state index in [4.69, 9.17) is 4.74 Å². The highest BCUT2D eigenvalue weighted by Gasteiger charge is 2.26. The van der Waals surface area contributed by atoms with Crippen LogP contribution in [0.15, 0.2) is 53.4 Å². The van der Waals surface area contributed by atoms with Crippen LogP contribution in [0.25, 0.3) is 0 Å². The number of carbonyl (C=O) groups is 1. The molecule has 1 aliphatic rings. The summed E-state index contributed by atoms with van der Waals surface area (Å²) >= 11 is 0. The molecule has 0 atom stereocenters. The molecule has 0 heterocycles. The zero-order valence-electron chi connectivity index (χ0n) is 16.9. The number of urea groups is 1. The second-order valence-corrected chi connectivity index (χ2v) is 9.49. The van der Waals surface area contributed by atoms with E-state index in [2.05, 4.69) is 15.4 Å². The lowest BCUT2D eigenvalue weighted by Gasteiger charge is -2.28. The van der Waals surface area contributed by atoms with Gasteiger partial charge in [0.2, 0.25) is 10.0 Å². The van der Waals surface area contributed by atoms with Gasteiger partial charge in [-0.15, -0.1) is 0 Å². The normalized spacial score (nSPS) is 14.3. The highest BCUT2D eigenvalue weighted by atomic mass is 32.2. The highest BCUT2D eigenvalue weighted by molar-refractivity contribution is 7.89. The standard InChI is InChI=1S/C21H27N3O4S/c1-21(2,18-6-4-5-7-19(18)28-3)24-20(25)23-16-10-12-17(13-11-16)29(26,27)22-14-15-8-9-15/h4-7,10-13,15,22H,8-9,14H2,1-3H3,(H2,23,24,25). The van der Waals surface area contributed by atoms with Crippen molar-refractivity contribution in [3.05, 3.63) is 54.1 Å². The van der Waals surface area contributed by atoms with Gasteiger partial charge in [0.15, 0.2) is 0 Å². The molecule has 0 radical (unpaired) electrons. The van der Waals surface area contributed by atoms with Crippen molar-refractivity contribution >= 4 is 21.7 Å². The van der Waals surface area contributed by atoms with Gasteiger partial charge in [-0.25, -0.2) is 17.9 Å². The Morgan fingerprint density at radius 2 is 1.76 bits per heavy atom. The van der Waals surface area contributed by atoms with Crippen molar-refractivity contribution in [2.24, 2.45) is 5.92 Å². The van der Waals surface area contributed by atoms with Gasteiger partial charge in [-0.1, -0.05) is 18.2 Å². The number of nitrogens with one attached hydrogen (secondary N) is 3. The third-order valence-electron chi connectivity index (χ3n) is 4.89. The van der Waals surface area contributed by atoms with Crippen molar-refractivity contribution < 1.29 is 17.9 Å². The molecule has 0 spiro atoms. The molecule has 156 valence electrons. The van der Waals surface area contributed by atoms with E-state index in [1.807, 2.05) is 38.1 Å². The van der Waals surface area contributed by atoms with E-state index in [1.54, 1.807) is 19.2 Å². The minimum atomic E-state index is -3.53. The average Bonchev–Trinajstić information content (AvgIpc) is 3.51. The first-order valence-corrected chi connectivity index (χ1v) is 11.0. The van der Waals surface area contributed by atoms with Crippen LogP contribution in [0.3, 0.4) is 0 Å². The van der Waals surface area contributed by atoms with Crippen LogP contribution in [0.5, 0.6) is 5.75 Å². The molecule has 8 heteroatoms. The molecular weight excluding hydrogens is 390 g/mol. The summed E-state index contributed by atoms with van der Waals surface area (Å²) in [6.45, 7) is 4.24. The summed E-state index contributed by atoms with van der Waals surface area (Å²) in [5.74, 6) is 1.15. The molecule has 0 unspecified atom stereocenters. The Morgan fingerprint density at radius 1 is 1.10 bits per heavy atom. The van der Waals surface area contributed by atoms with Crippen molar-refractivity contribution in [3.8, 4) is 5.75 Å². The molecule has 1 aliphatic carbocycles. The maximum atomic E-state index is 12.5. The number of benzene rings is 2. The Balaban J connectivity index is 1.63. The summed E-state index contributed by atoms with van der Waals surface area (Å²) in [6, 6.07) is 13.2. The van der Waals surface area contributed by atoms with E-state index >= 15 is 0 Å². The lowest BCUT2D eigenvalue weighted by atomic mass is 9.93. The fourth-order valence-corrected chi connectivity index (χ4v) is 4.14. The molecule has 7 nitrogen and oxygen atoms in total. The van der Waals surface area contributed by atoms with Gasteiger partial charge >= 0.3 is 6.03 Å². The molecule has 0 saturated heterocycles. The summed E-state index contributed by atoms with van der Waals surface area (Å²) in [5.41, 5.74) is 0.674. The van der Waals surface area contributed by atoms with Gasteiger partial charge < -0.3 is 15.4 Å². The van der Waals surface area contributed by atoms with Crippen LogP contribution in [0.4, 0.5) is 10.5 Å². The zero-order valence-corrected chi connectivity index (χ0v) is 17.7. The number of carbonyl (C=O) groups excluding carboxylic acids is 1. The Bertz CT molecular complexity index is 968. The smallest absolute Gasteiger partial charge is 0.319 e. The molecule has 0 bridgehead atoms. The third kappa shape index (κ3) is 5.48. The molecule has 2 amide bonds. The molecule has 0 aromatic heterocycles. The SMILES string of the molecule is COc1ccccc1C(C)(C)NC(=O)Nc1ccc(S(=O)(=O)NCC2CC2)cc1. The van der Waals surface area contributed by atoms with Gasteiger partial charge in [0.25, 0.3) is 0 Å². The first-order chi connectivity index (χ1) is 13.7. The van der Waals surface area contributed by atoms with Crippen LogP contribution in [-0.2, 0) is 15.6 Å². The number of para-hydroxylation sites is 1. The van der Waals surface area contributed by atoms with E-state index in [0.29, 0.717) is 23.9 Å². The van der Waals surface area contributed by atoms with Crippen LogP contribution in [0.1, 0.15) is 32.3 Å². The fourth-order valence-electron chi connectivity index (χ4n) is 3.02. The molecule has 1 saturated carbocycles. The Labute approximate surface area is 171 Å². The number of hydrogen-bond donors (Lipinski definition) is 3. The first-order valence-electron chi connectivity index (χ1n) is 9.54. The van der Waals surface area contributed by atoms with Crippen molar-refractivity contribution in [2.45, 2.75) is 37.1 Å². The van der Waals surface area contributed by atoms with Crippen molar-refractivity contribution in [2.75, 3.05) is 19.0 Å². The van der Waals surface area contributed by atoms with Crippen LogP contribution in [0, 0.1) is 5.92 Å². The largest absolute Gasteiger partial charge is 0.496 e. The predicted octanol–water partition coefficient (Wildman–Crippen LogP) is 3.44. The van der Waals surface area contributed by atoms with Crippen molar-refractivity contribution in [1.82, 2.24) is 10.0 Å². The van der Waals surface area contributed by atoms with Crippen LogP contribution in [0.2, 0.25) is 0 Å². The van der Waals surface area contributed by atoms with E-state index < -0.39 is 21.6 Å². The van der Waals surface area contributed by atoms with E-state index in [1.165, 1.54) is 12.1 Å². The van der Waals surface area contributed by atoms with Gasteiger partial charge in [0, 0.05) is 17.8 Å². The Kier molecular flexibility index (Phi) is 6.14. The number of rotatable bonds is 8. The number of ether oxygens (including phenoxy) is 1. The second kappa shape index (κ2) is 8.42. The van der Waals surface area contributed by atoms with Gasteiger partial charge in [0.1, 0.15) is 5.75 Å². The molecule has 3 N–H and O–H groups in total. The monoisotopic (exact) mass is 417 g/mol. The molecule has 2 aromatic carbocycles. The maximum absolute atomic E-state index is 12.5. The molecule has 29 heavy (non-hydrogen) atoms. The summed E-state index contributed by atoms with van der Waals surface area (Å²) in [7, 11) is -1.94. The molecule has 1 fully saturated rings. The quantitative estimate of drug-likeness (QED) is 0.613. The van der Waals surface area contributed by atoms with E-state index in [-0.39, 0.29) is 4.90 Å². The average molecular weight is 418 g/mol. The molecule has 3 rings (SSSR count). The zero-order chi connectivity index (χ0) is 21.1. The molecule has 2 aromatic rings. The summed E-state index contributed by atoms with van der Waals surface area (Å²) in [6.07, 6.45) is 2.15. The number of amides is 2. The van der Waals surface area contributed by atoms with Crippen molar-refractivity contribution in [1.29, 1.82) is 0 Å². The van der Waals surface area contributed by atoms with Crippen LogP contribution in [-0.4, -0.2) is 28.1 Å². The Morgan fingerprint density at radius 3 is 2.38 bits per heavy atom. The lowest BCUT2D eigenvalue weighted by molar-refractivity contribution is 0.241.